The second-order valence-electron chi connectivity index (χ2n) is 4.51. The number of carbonyl (C=O) groups is 1. The second kappa shape index (κ2) is 5.20. The summed E-state index contributed by atoms with van der Waals surface area (Å²) in [4.78, 5) is 27.2. The Morgan fingerprint density at radius 1 is 1.19 bits per heavy atom. The highest BCUT2D eigenvalue weighted by molar-refractivity contribution is 5.90. The van der Waals surface area contributed by atoms with Gasteiger partial charge in [-0.1, -0.05) is 6.07 Å². The summed E-state index contributed by atoms with van der Waals surface area (Å²) >= 11 is 0. The Bertz CT molecular complexity index is 868. The number of pyridine rings is 1. The van der Waals surface area contributed by atoms with Gasteiger partial charge in [-0.3, -0.25) is 0 Å². The Hall–Kier alpha value is -2.95. The molecule has 5 nitrogen and oxygen atoms in total. The van der Waals surface area contributed by atoms with Crippen LogP contribution in [0.3, 0.4) is 0 Å². The summed E-state index contributed by atoms with van der Waals surface area (Å²) in [5.74, 6) is -0.167. The van der Waals surface area contributed by atoms with E-state index in [9.17, 15) is 9.59 Å². The molecule has 0 aliphatic heterocycles. The minimum absolute atomic E-state index is 0.230. The third-order valence-electron chi connectivity index (χ3n) is 3.01. The average molecular weight is 281 g/mol. The van der Waals surface area contributed by atoms with Gasteiger partial charge in [0.2, 0.25) is 0 Å². The van der Waals surface area contributed by atoms with Gasteiger partial charge in [-0.25, -0.2) is 14.6 Å². The highest BCUT2D eigenvalue weighted by Crippen LogP contribution is 2.23. The van der Waals surface area contributed by atoms with E-state index in [1.54, 1.807) is 43.3 Å². The van der Waals surface area contributed by atoms with Crippen molar-refractivity contribution in [3.05, 3.63) is 70.3 Å². The normalized spacial score (nSPS) is 10.5. The van der Waals surface area contributed by atoms with Gasteiger partial charge in [0, 0.05) is 17.6 Å². The highest BCUT2D eigenvalue weighted by Gasteiger charge is 2.11. The lowest BCUT2D eigenvalue weighted by atomic mass is 10.1. The standard InChI is InChI=1S/C16H11NO4/c1-10-8-15(18)21-14-6-5-11(9-12(10)14)20-16(19)13-4-2-3-7-17-13/h2-9H,1H3. The number of aromatic nitrogens is 1. The summed E-state index contributed by atoms with van der Waals surface area (Å²) in [5, 5.41) is 0.723. The van der Waals surface area contributed by atoms with Crippen LogP contribution < -0.4 is 10.4 Å². The first kappa shape index (κ1) is 13.1. The van der Waals surface area contributed by atoms with Crippen LogP contribution in [-0.4, -0.2) is 11.0 Å². The zero-order valence-electron chi connectivity index (χ0n) is 11.2. The molecule has 0 saturated carbocycles. The fraction of sp³-hybridized carbons (Fsp3) is 0.0625. The van der Waals surface area contributed by atoms with Gasteiger partial charge in [0.15, 0.2) is 0 Å². The lowest BCUT2D eigenvalue weighted by Crippen LogP contribution is -2.10. The van der Waals surface area contributed by atoms with Crippen molar-refractivity contribution in [2.75, 3.05) is 0 Å². The van der Waals surface area contributed by atoms with E-state index in [0.29, 0.717) is 11.3 Å². The maximum atomic E-state index is 11.9. The number of ether oxygens (including phenoxy) is 1. The van der Waals surface area contributed by atoms with E-state index in [2.05, 4.69) is 4.98 Å². The predicted molar refractivity (Wildman–Crippen MR) is 76.4 cm³/mol. The molecule has 2 heterocycles. The van der Waals surface area contributed by atoms with Gasteiger partial charge >= 0.3 is 11.6 Å². The van der Waals surface area contributed by atoms with Crippen LogP contribution in [0.25, 0.3) is 11.0 Å². The molecular formula is C16H11NO4. The molecule has 0 unspecified atom stereocenters. The first-order valence-corrected chi connectivity index (χ1v) is 6.31. The maximum Gasteiger partial charge on any atom is 0.362 e. The monoisotopic (exact) mass is 281 g/mol. The summed E-state index contributed by atoms with van der Waals surface area (Å²) in [6.07, 6.45) is 1.52. The van der Waals surface area contributed by atoms with E-state index in [1.165, 1.54) is 12.3 Å². The second-order valence-corrected chi connectivity index (χ2v) is 4.51. The number of nitrogens with zero attached hydrogens (tertiary/aromatic N) is 1. The molecule has 0 saturated heterocycles. The van der Waals surface area contributed by atoms with E-state index in [4.69, 9.17) is 9.15 Å². The van der Waals surface area contributed by atoms with Crippen molar-refractivity contribution in [2.24, 2.45) is 0 Å². The number of aryl methyl sites for hydroxylation is 1. The molecule has 0 aliphatic carbocycles. The molecule has 0 N–H and O–H groups in total. The molecule has 0 fully saturated rings. The van der Waals surface area contributed by atoms with Crippen LogP contribution in [-0.2, 0) is 0 Å². The molecule has 3 aromatic rings. The van der Waals surface area contributed by atoms with Crippen LogP contribution in [0.5, 0.6) is 5.75 Å². The molecule has 3 rings (SSSR count). The van der Waals surface area contributed by atoms with Crippen LogP contribution in [0.4, 0.5) is 0 Å². The smallest absolute Gasteiger partial charge is 0.362 e. The predicted octanol–water partition coefficient (Wildman–Crippen LogP) is 2.72. The quantitative estimate of drug-likeness (QED) is 0.410. The minimum atomic E-state index is -0.537. The summed E-state index contributed by atoms with van der Waals surface area (Å²) in [7, 11) is 0. The first-order chi connectivity index (χ1) is 10.1. The summed E-state index contributed by atoms with van der Waals surface area (Å²) < 4.78 is 10.4. The van der Waals surface area contributed by atoms with Crippen molar-refractivity contribution < 1.29 is 13.9 Å². The minimum Gasteiger partial charge on any atom is -0.423 e. The van der Waals surface area contributed by atoms with E-state index in [1.807, 2.05) is 0 Å². The molecule has 0 atom stereocenters. The largest absolute Gasteiger partial charge is 0.423 e. The van der Waals surface area contributed by atoms with E-state index < -0.39 is 11.6 Å². The lowest BCUT2D eigenvalue weighted by molar-refractivity contribution is 0.0729. The molecule has 5 heteroatoms. The number of esters is 1. The van der Waals surface area contributed by atoms with Gasteiger partial charge in [-0.05, 0) is 42.8 Å². The number of benzene rings is 1. The van der Waals surface area contributed by atoms with Crippen LogP contribution in [0, 0.1) is 6.92 Å². The van der Waals surface area contributed by atoms with Gasteiger partial charge in [0.1, 0.15) is 17.0 Å². The van der Waals surface area contributed by atoms with Crippen molar-refractivity contribution in [3.8, 4) is 5.75 Å². The van der Waals surface area contributed by atoms with Gasteiger partial charge in [0.25, 0.3) is 0 Å². The Balaban J connectivity index is 1.95. The number of hydrogen-bond donors (Lipinski definition) is 0. The average Bonchev–Trinajstić information content (AvgIpc) is 2.48. The Morgan fingerprint density at radius 3 is 2.81 bits per heavy atom. The molecule has 2 aromatic heterocycles. The lowest BCUT2D eigenvalue weighted by Gasteiger charge is -2.06. The zero-order chi connectivity index (χ0) is 14.8. The Labute approximate surface area is 119 Å². The van der Waals surface area contributed by atoms with Gasteiger partial charge < -0.3 is 9.15 Å². The highest BCUT2D eigenvalue weighted by atomic mass is 16.5. The zero-order valence-corrected chi connectivity index (χ0v) is 11.2. The van der Waals surface area contributed by atoms with Crippen molar-refractivity contribution in [1.82, 2.24) is 4.98 Å². The van der Waals surface area contributed by atoms with Crippen LogP contribution in [0.15, 0.2) is 57.9 Å². The fourth-order valence-electron chi connectivity index (χ4n) is 2.00. The number of rotatable bonds is 2. The number of fused-ring (bicyclic) bond motifs is 1. The molecule has 0 amide bonds. The molecule has 0 radical (unpaired) electrons. The third-order valence-corrected chi connectivity index (χ3v) is 3.01. The molecule has 104 valence electrons. The molecule has 1 aromatic carbocycles. The van der Waals surface area contributed by atoms with Crippen molar-refractivity contribution in [1.29, 1.82) is 0 Å². The molecule has 0 spiro atoms. The van der Waals surface area contributed by atoms with Gasteiger partial charge in [0.05, 0.1) is 0 Å². The van der Waals surface area contributed by atoms with Crippen LogP contribution in [0.1, 0.15) is 16.1 Å². The SMILES string of the molecule is Cc1cc(=O)oc2ccc(OC(=O)c3ccccn3)cc12. The Kier molecular flexibility index (Phi) is 3.23. The first-order valence-electron chi connectivity index (χ1n) is 6.31. The summed E-state index contributed by atoms with van der Waals surface area (Å²) in [6.45, 7) is 1.80. The Morgan fingerprint density at radius 2 is 2.05 bits per heavy atom. The maximum absolute atomic E-state index is 11.9. The summed E-state index contributed by atoms with van der Waals surface area (Å²) in [5.41, 5.74) is 1.04. The summed E-state index contributed by atoms with van der Waals surface area (Å²) in [6, 6.07) is 11.2. The van der Waals surface area contributed by atoms with Crippen molar-refractivity contribution in [2.45, 2.75) is 6.92 Å². The van der Waals surface area contributed by atoms with Gasteiger partial charge in [-0.2, -0.15) is 0 Å². The number of hydrogen-bond acceptors (Lipinski definition) is 5. The fourth-order valence-corrected chi connectivity index (χ4v) is 2.00. The molecular weight excluding hydrogens is 270 g/mol. The van der Waals surface area contributed by atoms with Crippen molar-refractivity contribution in [3.63, 3.8) is 0 Å². The number of carbonyl (C=O) groups excluding carboxylic acids is 1. The van der Waals surface area contributed by atoms with Gasteiger partial charge in [-0.15, -0.1) is 0 Å². The molecule has 0 bridgehead atoms. The van der Waals surface area contributed by atoms with E-state index in [-0.39, 0.29) is 5.69 Å². The molecule has 21 heavy (non-hydrogen) atoms. The van der Waals surface area contributed by atoms with Crippen LogP contribution in [0.2, 0.25) is 0 Å². The topological polar surface area (TPSA) is 69.4 Å². The van der Waals surface area contributed by atoms with Crippen molar-refractivity contribution >= 4 is 16.9 Å². The van der Waals surface area contributed by atoms with E-state index in [0.717, 1.165) is 10.9 Å². The van der Waals surface area contributed by atoms with E-state index >= 15 is 0 Å². The third kappa shape index (κ3) is 2.67. The van der Waals surface area contributed by atoms with Crippen LogP contribution >= 0.6 is 0 Å². The molecule has 0 aliphatic rings.